The minimum Gasteiger partial charge on any atom is -0.497 e. The lowest BCUT2D eigenvalue weighted by molar-refractivity contribution is 0.396. The van der Waals surface area contributed by atoms with Gasteiger partial charge in [0.1, 0.15) is 11.5 Å². The van der Waals surface area contributed by atoms with Gasteiger partial charge in [-0.15, -0.1) is 0 Å². The Bertz CT molecular complexity index is 546. The standard InChI is InChI=1S/C14H20N2O2/c1-10-9-16(6-4-5-15)14-12(10)7-11(17-2)8-13(14)18-3/h7-9H,4-6,15H2,1-3H3. The molecule has 4 nitrogen and oxygen atoms in total. The second kappa shape index (κ2) is 5.31. The average molecular weight is 248 g/mol. The van der Waals surface area contributed by atoms with Crippen molar-refractivity contribution in [1.29, 1.82) is 0 Å². The highest BCUT2D eigenvalue weighted by molar-refractivity contribution is 5.90. The van der Waals surface area contributed by atoms with Crippen molar-refractivity contribution in [3.8, 4) is 11.5 Å². The molecule has 0 saturated carbocycles. The highest BCUT2D eigenvalue weighted by Gasteiger charge is 2.12. The summed E-state index contributed by atoms with van der Waals surface area (Å²) in [6.45, 7) is 3.70. The Morgan fingerprint density at radius 3 is 2.61 bits per heavy atom. The second-order valence-corrected chi connectivity index (χ2v) is 4.37. The van der Waals surface area contributed by atoms with Crippen LogP contribution in [-0.2, 0) is 6.54 Å². The molecule has 0 fully saturated rings. The molecule has 0 atom stereocenters. The SMILES string of the molecule is COc1cc(OC)c2c(c1)c(C)cn2CCCN. The monoisotopic (exact) mass is 248 g/mol. The van der Waals surface area contributed by atoms with Gasteiger partial charge in [-0.25, -0.2) is 0 Å². The molecule has 4 heteroatoms. The van der Waals surface area contributed by atoms with Crippen molar-refractivity contribution in [3.63, 3.8) is 0 Å². The highest BCUT2D eigenvalue weighted by Crippen LogP contribution is 2.34. The van der Waals surface area contributed by atoms with E-state index < -0.39 is 0 Å². The molecule has 0 radical (unpaired) electrons. The van der Waals surface area contributed by atoms with E-state index in [1.165, 1.54) is 10.9 Å². The number of hydrogen-bond acceptors (Lipinski definition) is 3. The van der Waals surface area contributed by atoms with Gasteiger partial charge in [0, 0.05) is 24.2 Å². The van der Waals surface area contributed by atoms with Gasteiger partial charge in [-0.05, 0) is 31.5 Å². The molecule has 0 bridgehead atoms. The lowest BCUT2D eigenvalue weighted by Crippen LogP contribution is -2.05. The summed E-state index contributed by atoms with van der Waals surface area (Å²) in [6, 6.07) is 3.97. The predicted octanol–water partition coefficient (Wildman–Crippen LogP) is 2.32. The third-order valence-corrected chi connectivity index (χ3v) is 3.17. The summed E-state index contributed by atoms with van der Waals surface area (Å²) in [5.74, 6) is 1.66. The summed E-state index contributed by atoms with van der Waals surface area (Å²) in [5, 5.41) is 1.17. The summed E-state index contributed by atoms with van der Waals surface area (Å²) < 4.78 is 13.0. The lowest BCUT2D eigenvalue weighted by atomic mass is 10.1. The van der Waals surface area contributed by atoms with Crippen molar-refractivity contribution in [1.82, 2.24) is 4.57 Å². The molecule has 2 rings (SSSR count). The quantitative estimate of drug-likeness (QED) is 0.883. The minimum atomic E-state index is 0.692. The Kier molecular flexibility index (Phi) is 3.77. The molecular weight excluding hydrogens is 228 g/mol. The van der Waals surface area contributed by atoms with Crippen LogP contribution in [0.1, 0.15) is 12.0 Å². The summed E-state index contributed by atoms with van der Waals surface area (Å²) in [7, 11) is 3.35. The van der Waals surface area contributed by atoms with Gasteiger partial charge in [0.05, 0.1) is 19.7 Å². The van der Waals surface area contributed by atoms with Crippen molar-refractivity contribution in [2.75, 3.05) is 20.8 Å². The summed E-state index contributed by atoms with van der Waals surface area (Å²) in [5.41, 5.74) is 7.92. The van der Waals surface area contributed by atoms with Crippen LogP contribution in [-0.4, -0.2) is 25.3 Å². The number of methoxy groups -OCH3 is 2. The van der Waals surface area contributed by atoms with Gasteiger partial charge in [-0.2, -0.15) is 0 Å². The van der Waals surface area contributed by atoms with Crippen molar-refractivity contribution >= 4 is 10.9 Å². The summed E-state index contributed by atoms with van der Waals surface area (Å²) in [6.07, 6.45) is 3.10. The van der Waals surface area contributed by atoms with E-state index in [1.807, 2.05) is 12.1 Å². The van der Waals surface area contributed by atoms with Gasteiger partial charge in [-0.3, -0.25) is 0 Å². The van der Waals surface area contributed by atoms with E-state index in [4.69, 9.17) is 15.2 Å². The zero-order valence-electron chi connectivity index (χ0n) is 11.2. The molecule has 2 aromatic rings. The summed E-state index contributed by atoms with van der Waals surface area (Å²) in [4.78, 5) is 0. The van der Waals surface area contributed by atoms with E-state index in [9.17, 15) is 0 Å². The number of fused-ring (bicyclic) bond motifs is 1. The van der Waals surface area contributed by atoms with Crippen molar-refractivity contribution < 1.29 is 9.47 Å². The van der Waals surface area contributed by atoms with Crippen LogP contribution in [0.15, 0.2) is 18.3 Å². The lowest BCUT2D eigenvalue weighted by Gasteiger charge is -2.10. The number of nitrogens with zero attached hydrogens (tertiary/aromatic N) is 1. The van der Waals surface area contributed by atoms with Crippen LogP contribution in [0, 0.1) is 6.92 Å². The molecule has 0 aliphatic rings. The topological polar surface area (TPSA) is 49.4 Å². The van der Waals surface area contributed by atoms with Gasteiger partial charge in [0.15, 0.2) is 0 Å². The Balaban J connectivity index is 2.60. The zero-order chi connectivity index (χ0) is 13.1. The number of aromatic nitrogens is 1. The second-order valence-electron chi connectivity index (χ2n) is 4.37. The van der Waals surface area contributed by atoms with Gasteiger partial charge >= 0.3 is 0 Å². The van der Waals surface area contributed by atoms with E-state index in [0.29, 0.717) is 6.54 Å². The Morgan fingerprint density at radius 1 is 1.22 bits per heavy atom. The van der Waals surface area contributed by atoms with Crippen LogP contribution >= 0.6 is 0 Å². The Hall–Kier alpha value is -1.68. The van der Waals surface area contributed by atoms with Crippen molar-refractivity contribution in [2.24, 2.45) is 5.73 Å². The number of rotatable bonds is 5. The van der Waals surface area contributed by atoms with Crippen LogP contribution in [0.25, 0.3) is 10.9 Å². The highest BCUT2D eigenvalue weighted by atomic mass is 16.5. The average Bonchev–Trinajstić information content (AvgIpc) is 2.72. The zero-order valence-corrected chi connectivity index (χ0v) is 11.2. The first-order valence-electron chi connectivity index (χ1n) is 6.12. The fourth-order valence-corrected chi connectivity index (χ4v) is 2.26. The van der Waals surface area contributed by atoms with Crippen LogP contribution in [0.4, 0.5) is 0 Å². The number of hydrogen-bond donors (Lipinski definition) is 1. The molecule has 0 unspecified atom stereocenters. The molecule has 1 aromatic heterocycles. The molecule has 2 N–H and O–H groups in total. The molecular formula is C14H20N2O2. The van der Waals surface area contributed by atoms with E-state index >= 15 is 0 Å². The largest absolute Gasteiger partial charge is 0.497 e. The first-order valence-corrected chi connectivity index (χ1v) is 6.12. The number of aryl methyl sites for hydroxylation is 2. The van der Waals surface area contributed by atoms with Gasteiger partial charge in [-0.1, -0.05) is 0 Å². The molecule has 0 saturated heterocycles. The van der Waals surface area contributed by atoms with Gasteiger partial charge < -0.3 is 19.8 Å². The Morgan fingerprint density at radius 2 is 2.00 bits per heavy atom. The molecule has 1 aromatic carbocycles. The van der Waals surface area contributed by atoms with E-state index in [2.05, 4.69) is 17.7 Å². The molecule has 0 aliphatic carbocycles. The van der Waals surface area contributed by atoms with Crippen LogP contribution in [0.2, 0.25) is 0 Å². The van der Waals surface area contributed by atoms with Gasteiger partial charge in [0.2, 0.25) is 0 Å². The predicted molar refractivity (Wildman–Crippen MR) is 73.5 cm³/mol. The maximum Gasteiger partial charge on any atom is 0.146 e. The van der Waals surface area contributed by atoms with E-state index in [1.54, 1.807) is 14.2 Å². The number of nitrogens with two attached hydrogens (primary N) is 1. The maximum absolute atomic E-state index is 5.58. The third-order valence-electron chi connectivity index (χ3n) is 3.17. The first-order chi connectivity index (χ1) is 8.71. The van der Waals surface area contributed by atoms with Crippen LogP contribution < -0.4 is 15.2 Å². The van der Waals surface area contributed by atoms with Crippen molar-refractivity contribution in [3.05, 3.63) is 23.9 Å². The van der Waals surface area contributed by atoms with Crippen LogP contribution in [0.3, 0.4) is 0 Å². The van der Waals surface area contributed by atoms with E-state index in [0.717, 1.165) is 30.0 Å². The Labute approximate surface area is 107 Å². The van der Waals surface area contributed by atoms with Crippen LogP contribution in [0.5, 0.6) is 11.5 Å². The normalized spacial score (nSPS) is 10.9. The maximum atomic E-state index is 5.58. The molecule has 0 spiro atoms. The fourth-order valence-electron chi connectivity index (χ4n) is 2.26. The third kappa shape index (κ3) is 2.16. The number of ether oxygens (including phenoxy) is 2. The molecule has 98 valence electrons. The smallest absolute Gasteiger partial charge is 0.146 e. The number of benzene rings is 1. The van der Waals surface area contributed by atoms with Gasteiger partial charge in [0.25, 0.3) is 0 Å². The molecule has 0 aliphatic heterocycles. The van der Waals surface area contributed by atoms with Crippen molar-refractivity contribution in [2.45, 2.75) is 19.9 Å². The molecule has 1 heterocycles. The van der Waals surface area contributed by atoms with E-state index in [-0.39, 0.29) is 0 Å². The molecule has 18 heavy (non-hydrogen) atoms. The summed E-state index contributed by atoms with van der Waals surface area (Å²) >= 11 is 0. The first kappa shape index (κ1) is 12.8. The fraction of sp³-hybridized carbons (Fsp3) is 0.429. The molecule has 0 amide bonds. The minimum absolute atomic E-state index is 0.692.